The lowest BCUT2D eigenvalue weighted by Gasteiger charge is -2.36. The van der Waals surface area contributed by atoms with Gasteiger partial charge in [-0.05, 0) is 59.3 Å². The lowest BCUT2D eigenvalue weighted by molar-refractivity contribution is 0.0696. The number of amides is 1. The standard InChI is InChI=1S/C22H20N4OS/c1-23-16-5-2-14(3-6-16)21-17-9-11-28-20(17)8-10-26(21)22(27)15-4-7-18-19(12-15)25-13-24-18/h2-7,9,11-13,21,23H,8,10H2,1H3,(H,24,25). The fourth-order valence-electron chi connectivity index (χ4n) is 3.96. The van der Waals surface area contributed by atoms with E-state index in [0.717, 1.165) is 28.7 Å². The van der Waals surface area contributed by atoms with E-state index in [4.69, 9.17) is 0 Å². The summed E-state index contributed by atoms with van der Waals surface area (Å²) in [6.45, 7) is 0.714. The molecule has 5 rings (SSSR count). The monoisotopic (exact) mass is 388 g/mol. The Balaban J connectivity index is 1.56. The van der Waals surface area contributed by atoms with Crippen molar-refractivity contribution in [1.29, 1.82) is 0 Å². The molecule has 3 heterocycles. The van der Waals surface area contributed by atoms with Gasteiger partial charge in [0.1, 0.15) is 0 Å². The minimum Gasteiger partial charge on any atom is -0.388 e. The summed E-state index contributed by atoms with van der Waals surface area (Å²) in [5.41, 5.74) is 5.88. The second-order valence-electron chi connectivity index (χ2n) is 6.96. The second-order valence-corrected chi connectivity index (χ2v) is 7.96. The number of carbonyl (C=O) groups is 1. The van der Waals surface area contributed by atoms with Gasteiger partial charge in [0.15, 0.2) is 0 Å². The predicted molar refractivity (Wildman–Crippen MR) is 113 cm³/mol. The number of anilines is 1. The van der Waals surface area contributed by atoms with E-state index < -0.39 is 0 Å². The van der Waals surface area contributed by atoms with Crippen molar-refractivity contribution in [3.8, 4) is 0 Å². The first-order valence-corrected chi connectivity index (χ1v) is 10.2. The highest BCUT2D eigenvalue weighted by Crippen LogP contribution is 2.38. The molecule has 0 saturated carbocycles. The number of aromatic amines is 1. The highest BCUT2D eigenvalue weighted by Gasteiger charge is 2.33. The minimum absolute atomic E-state index is 0.0519. The van der Waals surface area contributed by atoms with E-state index in [0.29, 0.717) is 12.1 Å². The van der Waals surface area contributed by atoms with Crippen LogP contribution >= 0.6 is 11.3 Å². The molecule has 0 fully saturated rings. The van der Waals surface area contributed by atoms with Gasteiger partial charge in [0, 0.05) is 29.7 Å². The van der Waals surface area contributed by atoms with E-state index in [1.807, 2.05) is 30.1 Å². The van der Waals surface area contributed by atoms with E-state index >= 15 is 0 Å². The number of hydrogen-bond acceptors (Lipinski definition) is 4. The Hall–Kier alpha value is -3.12. The highest BCUT2D eigenvalue weighted by molar-refractivity contribution is 7.10. The lowest BCUT2D eigenvalue weighted by atomic mass is 9.92. The SMILES string of the molecule is CNc1ccc(C2c3ccsc3CCN2C(=O)c2ccc3nc[nH]c3c2)cc1. The van der Waals surface area contributed by atoms with Crippen LogP contribution in [-0.2, 0) is 6.42 Å². The van der Waals surface area contributed by atoms with Crippen molar-refractivity contribution in [3.63, 3.8) is 0 Å². The molecule has 4 aromatic rings. The molecule has 1 amide bonds. The van der Waals surface area contributed by atoms with Gasteiger partial charge in [-0.3, -0.25) is 4.79 Å². The Morgan fingerprint density at radius 2 is 2.07 bits per heavy atom. The summed E-state index contributed by atoms with van der Waals surface area (Å²) in [6, 6.07) is 16.1. The van der Waals surface area contributed by atoms with Crippen LogP contribution in [0.15, 0.2) is 60.2 Å². The third kappa shape index (κ3) is 2.77. The molecule has 2 aromatic heterocycles. The summed E-state index contributed by atoms with van der Waals surface area (Å²) in [7, 11) is 1.91. The molecule has 0 bridgehead atoms. The average Bonchev–Trinajstić information content (AvgIpc) is 3.41. The predicted octanol–water partition coefficient (Wildman–Crippen LogP) is 4.45. The molecule has 1 aliphatic heterocycles. The van der Waals surface area contributed by atoms with Gasteiger partial charge in [-0.1, -0.05) is 12.1 Å². The van der Waals surface area contributed by atoms with Crippen LogP contribution in [0.25, 0.3) is 11.0 Å². The highest BCUT2D eigenvalue weighted by atomic mass is 32.1. The number of H-pyrrole nitrogens is 1. The van der Waals surface area contributed by atoms with Gasteiger partial charge in [0.05, 0.1) is 23.4 Å². The number of rotatable bonds is 3. The topological polar surface area (TPSA) is 61.0 Å². The minimum atomic E-state index is -0.0640. The molecular weight excluding hydrogens is 368 g/mol. The van der Waals surface area contributed by atoms with E-state index in [2.05, 4.69) is 51.0 Å². The van der Waals surface area contributed by atoms with Crippen molar-refractivity contribution >= 4 is 34.0 Å². The molecule has 0 radical (unpaired) electrons. The lowest BCUT2D eigenvalue weighted by Crippen LogP contribution is -2.40. The molecule has 5 nitrogen and oxygen atoms in total. The van der Waals surface area contributed by atoms with Crippen molar-refractivity contribution in [1.82, 2.24) is 14.9 Å². The van der Waals surface area contributed by atoms with Gasteiger partial charge in [0.2, 0.25) is 0 Å². The number of thiophene rings is 1. The van der Waals surface area contributed by atoms with Crippen LogP contribution in [0.5, 0.6) is 0 Å². The summed E-state index contributed by atoms with van der Waals surface area (Å²) < 4.78 is 0. The zero-order valence-corrected chi connectivity index (χ0v) is 16.3. The number of hydrogen-bond donors (Lipinski definition) is 2. The molecule has 1 atom stereocenters. The van der Waals surface area contributed by atoms with Gasteiger partial charge in [0.25, 0.3) is 5.91 Å². The molecule has 0 aliphatic carbocycles. The van der Waals surface area contributed by atoms with Gasteiger partial charge >= 0.3 is 0 Å². The number of aromatic nitrogens is 2. The molecule has 140 valence electrons. The Labute approximate surface area is 167 Å². The van der Waals surface area contributed by atoms with E-state index in [-0.39, 0.29) is 11.9 Å². The smallest absolute Gasteiger partial charge is 0.254 e. The first kappa shape index (κ1) is 17.0. The van der Waals surface area contributed by atoms with Crippen molar-refractivity contribution < 1.29 is 4.79 Å². The molecule has 6 heteroatoms. The summed E-state index contributed by atoms with van der Waals surface area (Å²) >= 11 is 1.78. The maximum Gasteiger partial charge on any atom is 0.254 e. The Kier molecular flexibility index (Phi) is 4.13. The molecule has 28 heavy (non-hydrogen) atoms. The molecule has 2 aromatic carbocycles. The fraction of sp³-hybridized carbons (Fsp3) is 0.182. The number of benzene rings is 2. The number of carbonyl (C=O) groups excluding carboxylic acids is 1. The number of imidazole rings is 1. The third-order valence-corrected chi connectivity index (χ3v) is 6.41. The van der Waals surface area contributed by atoms with Crippen LogP contribution in [0.2, 0.25) is 0 Å². The van der Waals surface area contributed by atoms with Gasteiger partial charge in [-0.2, -0.15) is 0 Å². The third-order valence-electron chi connectivity index (χ3n) is 5.41. The van der Waals surface area contributed by atoms with Crippen LogP contribution in [0, 0.1) is 0 Å². The largest absolute Gasteiger partial charge is 0.388 e. The van der Waals surface area contributed by atoms with Crippen molar-refractivity contribution in [2.75, 3.05) is 18.9 Å². The van der Waals surface area contributed by atoms with Gasteiger partial charge in [-0.15, -0.1) is 11.3 Å². The van der Waals surface area contributed by atoms with E-state index in [1.165, 1.54) is 10.4 Å². The van der Waals surface area contributed by atoms with E-state index in [9.17, 15) is 4.79 Å². The maximum atomic E-state index is 13.5. The van der Waals surface area contributed by atoms with Crippen LogP contribution < -0.4 is 5.32 Å². The van der Waals surface area contributed by atoms with Crippen LogP contribution in [0.3, 0.4) is 0 Å². The van der Waals surface area contributed by atoms with E-state index in [1.54, 1.807) is 17.7 Å². The van der Waals surface area contributed by atoms with Crippen LogP contribution in [-0.4, -0.2) is 34.4 Å². The fourth-order valence-corrected chi connectivity index (χ4v) is 4.86. The zero-order chi connectivity index (χ0) is 19.1. The number of nitrogens with one attached hydrogen (secondary N) is 2. The van der Waals surface area contributed by atoms with Gasteiger partial charge < -0.3 is 15.2 Å². The second kappa shape index (κ2) is 6.80. The summed E-state index contributed by atoms with van der Waals surface area (Å²) in [4.78, 5) is 24.2. The maximum absolute atomic E-state index is 13.5. The molecule has 0 saturated heterocycles. The van der Waals surface area contributed by atoms with Crippen molar-refractivity contribution in [2.24, 2.45) is 0 Å². The van der Waals surface area contributed by atoms with Crippen LogP contribution in [0.4, 0.5) is 5.69 Å². The molecule has 2 N–H and O–H groups in total. The Morgan fingerprint density at radius 3 is 2.89 bits per heavy atom. The number of nitrogens with zero attached hydrogens (tertiary/aromatic N) is 2. The average molecular weight is 388 g/mol. The Bertz CT molecular complexity index is 1140. The zero-order valence-electron chi connectivity index (χ0n) is 15.5. The molecular formula is C22H20N4OS. The summed E-state index contributed by atoms with van der Waals surface area (Å²) in [6.07, 6.45) is 2.56. The number of fused-ring (bicyclic) bond motifs is 2. The van der Waals surface area contributed by atoms with Crippen molar-refractivity contribution in [3.05, 3.63) is 81.8 Å². The first-order valence-electron chi connectivity index (χ1n) is 9.32. The molecule has 1 aliphatic rings. The van der Waals surface area contributed by atoms with Crippen LogP contribution in [0.1, 0.15) is 32.4 Å². The summed E-state index contributed by atoms with van der Waals surface area (Å²) in [5.74, 6) is 0.0519. The Morgan fingerprint density at radius 1 is 1.21 bits per heavy atom. The summed E-state index contributed by atoms with van der Waals surface area (Å²) in [5, 5.41) is 5.29. The van der Waals surface area contributed by atoms with Crippen molar-refractivity contribution in [2.45, 2.75) is 12.5 Å². The first-order chi connectivity index (χ1) is 13.7. The molecule has 1 unspecified atom stereocenters. The van der Waals surface area contributed by atoms with Gasteiger partial charge in [-0.25, -0.2) is 4.98 Å². The quantitative estimate of drug-likeness (QED) is 0.545. The normalized spacial score (nSPS) is 16.2. The molecule has 0 spiro atoms.